The maximum Gasteiger partial charge on any atom is 0.306 e. The first-order valence-electron chi connectivity index (χ1n) is 20.8. The van der Waals surface area contributed by atoms with Crippen LogP contribution in [0.25, 0.3) is 0 Å². The number of esters is 2. The zero-order valence-corrected chi connectivity index (χ0v) is 35.3. The molecule has 0 fully saturated rings. The number of hydrogen-bond donors (Lipinski definition) is 0. The fourth-order valence-corrected chi connectivity index (χ4v) is 6.02. The molecule has 0 bridgehead atoms. The van der Waals surface area contributed by atoms with E-state index >= 15 is 0 Å². The monoisotopic (exact) mass is 768 g/mol. The zero-order chi connectivity index (χ0) is 39.3. The van der Waals surface area contributed by atoms with E-state index in [1.54, 1.807) is 0 Å². The van der Waals surface area contributed by atoms with E-state index in [2.05, 4.69) is 62.5 Å². The number of hydrogen-bond acceptors (Lipinski definition) is 8. The molecule has 9 nitrogen and oxygen atoms in total. The van der Waals surface area contributed by atoms with Gasteiger partial charge in [0.25, 0.3) is 7.82 Å². The van der Waals surface area contributed by atoms with E-state index in [1.807, 2.05) is 21.1 Å². The minimum Gasteiger partial charge on any atom is -0.756 e. The maximum absolute atomic E-state index is 12.6. The first-order chi connectivity index (χ1) is 25.5. The fourth-order valence-electron chi connectivity index (χ4n) is 5.29. The van der Waals surface area contributed by atoms with E-state index in [1.165, 1.54) is 77.0 Å². The SMILES string of the molecule is CCCCC/C=C\C/C=C\C/C=C\C/C=C\CCCC(=O)OC[C@H](COP(=O)([O-])OCC[N+](C)(C)C)OC(=O)CCCCCCCCCCCCCC. The van der Waals surface area contributed by atoms with Crippen LogP contribution in [0.2, 0.25) is 0 Å². The van der Waals surface area contributed by atoms with Gasteiger partial charge in [-0.25, -0.2) is 0 Å². The van der Waals surface area contributed by atoms with Crippen molar-refractivity contribution in [1.29, 1.82) is 0 Å². The first-order valence-corrected chi connectivity index (χ1v) is 22.3. The van der Waals surface area contributed by atoms with Crippen molar-refractivity contribution < 1.29 is 42.1 Å². The van der Waals surface area contributed by atoms with Crippen molar-refractivity contribution in [2.75, 3.05) is 47.5 Å². The molecule has 308 valence electrons. The first kappa shape index (κ1) is 51.0. The van der Waals surface area contributed by atoms with Gasteiger partial charge in [0.05, 0.1) is 27.7 Å². The Balaban J connectivity index is 4.48. The molecule has 0 amide bonds. The van der Waals surface area contributed by atoms with Crippen LogP contribution in [0.4, 0.5) is 0 Å². The molecule has 0 aromatic rings. The third-order valence-corrected chi connectivity index (χ3v) is 9.57. The number of phosphoric ester groups is 1. The molecule has 0 aromatic heterocycles. The maximum atomic E-state index is 12.6. The van der Waals surface area contributed by atoms with Gasteiger partial charge in [-0.05, 0) is 51.4 Å². The zero-order valence-electron chi connectivity index (χ0n) is 34.4. The number of phosphoric acid groups is 1. The van der Waals surface area contributed by atoms with E-state index in [9.17, 15) is 19.0 Å². The highest BCUT2D eigenvalue weighted by Gasteiger charge is 2.21. The smallest absolute Gasteiger partial charge is 0.306 e. The lowest BCUT2D eigenvalue weighted by atomic mass is 10.0. The lowest BCUT2D eigenvalue weighted by molar-refractivity contribution is -0.870. The third kappa shape index (κ3) is 39.5. The van der Waals surface area contributed by atoms with Gasteiger partial charge in [-0.2, -0.15) is 0 Å². The van der Waals surface area contributed by atoms with Crippen LogP contribution >= 0.6 is 7.82 Å². The second-order valence-electron chi connectivity index (χ2n) is 15.0. The average Bonchev–Trinajstić information content (AvgIpc) is 3.10. The highest BCUT2D eigenvalue weighted by Crippen LogP contribution is 2.38. The number of carbonyl (C=O) groups is 2. The second-order valence-corrected chi connectivity index (χ2v) is 16.4. The van der Waals surface area contributed by atoms with E-state index in [0.29, 0.717) is 23.9 Å². The molecule has 1 unspecified atom stereocenters. The van der Waals surface area contributed by atoms with Gasteiger partial charge >= 0.3 is 11.9 Å². The molecule has 2 atom stereocenters. The van der Waals surface area contributed by atoms with Gasteiger partial charge in [-0.1, -0.05) is 146 Å². The van der Waals surface area contributed by atoms with Crippen molar-refractivity contribution in [2.24, 2.45) is 0 Å². The van der Waals surface area contributed by atoms with Crippen molar-refractivity contribution in [3.8, 4) is 0 Å². The lowest BCUT2D eigenvalue weighted by Crippen LogP contribution is -2.37. The van der Waals surface area contributed by atoms with Crippen molar-refractivity contribution >= 4 is 19.8 Å². The van der Waals surface area contributed by atoms with Gasteiger partial charge < -0.3 is 27.9 Å². The number of rotatable bonds is 37. The summed E-state index contributed by atoms with van der Waals surface area (Å²) in [7, 11) is 1.13. The summed E-state index contributed by atoms with van der Waals surface area (Å²) in [5, 5.41) is 0. The molecule has 0 saturated carbocycles. The Morgan fingerprint density at radius 2 is 1.04 bits per heavy atom. The van der Waals surface area contributed by atoms with Crippen molar-refractivity contribution in [1.82, 2.24) is 0 Å². The van der Waals surface area contributed by atoms with Crippen LogP contribution in [-0.4, -0.2) is 70.0 Å². The Morgan fingerprint density at radius 3 is 1.57 bits per heavy atom. The Hall–Kier alpha value is -2.03. The second kappa shape index (κ2) is 35.7. The molecular formula is C43H78NO8P. The third-order valence-electron chi connectivity index (χ3n) is 8.60. The molecule has 0 radical (unpaired) electrons. The average molecular weight is 768 g/mol. The van der Waals surface area contributed by atoms with E-state index in [0.717, 1.165) is 44.9 Å². The molecule has 0 aliphatic carbocycles. The number of quaternary nitrogens is 1. The molecule has 0 heterocycles. The van der Waals surface area contributed by atoms with Gasteiger partial charge in [-0.3, -0.25) is 14.2 Å². The largest absolute Gasteiger partial charge is 0.756 e. The minimum absolute atomic E-state index is 0.0396. The summed E-state index contributed by atoms with van der Waals surface area (Å²) < 4.78 is 33.7. The number of likely N-dealkylation sites (N-methyl/N-ethyl adjacent to an activating group) is 1. The molecule has 0 aromatic carbocycles. The number of ether oxygens (including phenoxy) is 2. The summed E-state index contributed by atoms with van der Waals surface area (Å²) >= 11 is 0. The molecule has 0 spiro atoms. The van der Waals surface area contributed by atoms with Crippen LogP contribution in [0.5, 0.6) is 0 Å². The van der Waals surface area contributed by atoms with Crippen LogP contribution in [-0.2, 0) is 32.7 Å². The highest BCUT2D eigenvalue weighted by molar-refractivity contribution is 7.45. The summed E-state index contributed by atoms with van der Waals surface area (Å²) in [5.74, 6) is -0.902. The molecule has 0 aliphatic heterocycles. The predicted molar refractivity (Wildman–Crippen MR) is 217 cm³/mol. The fraction of sp³-hybridized carbons (Fsp3) is 0.767. The Bertz CT molecular complexity index is 1050. The quantitative estimate of drug-likeness (QED) is 0.0202. The summed E-state index contributed by atoms with van der Waals surface area (Å²) in [6.07, 6.45) is 40.0. The van der Waals surface area contributed by atoms with Crippen LogP contribution in [0, 0.1) is 0 Å². The van der Waals surface area contributed by atoms with E-state index in [4.69, 9.17) is 18.5 Å². The van der Waals surface area contributed by atoms with Gasteiger partial charge in [0, 0.05) is 12.8 Å². The molecular weight excluding hydrogens is 689 g/mol. The standard InChI is InChI=1S/C43H78NO8P/c1-6-8-10-12-14-16-18-20-21-22-23-24-26-27-29-31-33-35-42(45)49-39-41(40-51-53(47,48)50-38-37-44(3,4)5)52-43(46)36-34-32-30-28-25-19-17-15-13-11-9-7-2/h14,16,20-21,23-24,27,29,41H,6-13,15,17-19,22,25-26,28,30-40H2,1-5H3/b16-14-,21-20-,24-23-,29-27-/t41-/m1/s1. The van der Waals surface area contributed by atoms with E-state index in [-0.39, 0.29) is 26.1 Å². The molecule has 0 saturated heterocycles. The van der Waals surface area contributed by atoms with Crippen molar-refractivity contribution in [3.05, 3.63) is 48.6 Å². The van der Waals surface area contributed by atoms with Crippen molar-refractivity contribution in [2.45, 2.75) is 168 Å². The number of unbranched alkanes of at least 4 members (excludes halogenated alkanes) is 15. The summed E-state index contributed by atoms with van der Waals surface area (Å²) in [6.45, 7) is 4.12. The number of carbonyl (C=O) groups excluding carboxylic acids is 2. The Kier molecular flexibility index (Phi) is 34.3. The minimum atomic E-state index is -4.63. The molecule has 0 aliphatic rings. The summed E-state index contributed by atoms with van der Waals surface area (Å²) in [5.41, 5.74) is 0. The molecule has 0 rings (SSSR count). The van der Waals surface area contributed by atoms with Gasteiger partial charge in [-0.15, -0.1) is 0 Å². The normalized spacial score (nSPS) is 14.2. The Morgan fingerprint density at radius 1 is 0.585 bits per heavy atom. The summed E-state index contributed by atoms with van der Waals surface area (Å²) in [6, 6.07) is 0. The number of allylic oxidation sites excluding steroid dienone is 8. The van der Waals surface area contributed by atoms with Crippen LogP contribution in [0.15, 0.2) is 48.6 Å². The Labute approximate surface area is 324 Å². The highest BCUT2D eigenvalue weighted by atomic mass is 31.2. The predicted octanol–water partition coefficient (Wildman–Crippen LogP) is 10.9. The molecule has 10 heteroatoms. The summed E-state index contributed by atoms with van der Waals surface area (Å²) in [4.78, 5) is 37.4. The topological polar surface area (TPSA) is 111 Å². The van der Waals surface area contributed by atoms with Gasteiger partial charge in [0.1, 0.15) is 19.8 Å². The van der Waals surface area contributed by atoms with Crippen molar-refractivity contribution in [3.63, 3.8) is 0 Å². The number of nitrogens with zero attached hydrogens (tertiary/aromatic N) is 1. The molecule has 53 heavy (non-hydrogen) atoms. The van der Waals surface area contributed by atoms with Crippen LogP contribution < -0.4 is 4.89 Å². The lowest BCUT2D eigenvalue weighted by Gasteiger charge is -2.28. The van der Waals surface area contributed by atoms with Gasteiger partial charge in [0.15, 0.2) is 6.10 Å². The molecule has 0 N–H and O–H groups in total. The van der Waals surface area contributed by atoms with Gasteiger partial charge in [0.2, 0.25) is 0 Å². The van der Waals surface area contributed by atoms with Crippen LogP contribution in [0.1, 0.15) is 162 Å². The van der Waals surface area contributed by atoms with E-state index < -0.39 is 32.5 Å². The van der Waals surface area contributed by atoms with Crippen LogP contribution in [0.3, 0.4) is 0 Å².